The van der Waals surface area contributed by atoms with E-state index in [0.717, 1.165) is 10.2 Å². The summed E-state index contributed by atoms with van der Waals surface area (Å²) in [5.74, 6) is -0.170. The number of rotatable bonds is 4. The van der Waals surface area contributed by atoms with Crippen LogP contribution < -0.4 is 10.1 Å². The third-order valence-corrected chi connectivity index (χ3v) is 5.35. The first kappa shape index (κ1) is 18.4. The molecule has 0 radical (unpaired) electrons. The van der Waals surface area contributed by atoms with Crippen LogP contribution in [0.1, 0.15) is 16.1 Å². The summed E-state index contributed by atoms with van der Waals surface area (Å²) in [6.45, 7) is 1.57. The molecule has 0 aliphatic carbocycles. The van der Waals surface area contributed by atoms with Crippen LogP contribution >= 0.6 is 22.9 Å². The molecule has 0 aliphatic heterocycles. The highest BCUT2D eigenvalue weighted by Gasteiger charge is 2.26. The van der Waals surface area contributed by atoms with Crippen LogP contribution in [0.3, 0.4) is 0 Å². The van der Waals surface area contributed by atoms with E-state index in [9.17, 15) is 9.18 Å². The number of methoxy groups -OCH3 is 1. The third-order valence-electron chi connectivity index (χ3n) is 4.11. The van der Waals surface area contributed by atoms with E-state index in [-0.39, 0.29) is 27.6 Å². The molecule has 0 aliphatic rings. The van der Waals surface area contributed by atoms with Crippen molar-refractivity contribution in [3.63, 3.8) is 0 Å². The van der Waals surface area contributed by atoms with Crippen molar-refractivity contribution in [1.82, 2.24) is 10.1 Å². The van der Waals surface area contributed by atoms with Crippen LogP contribution in [0.5, 0.6) is 5.75 Å². The van der Waals surface area contributed by atoms with Crippen molar-refractivity contribution in [3.8, 4) is 17.0 Å². The average Bonchev–Trinajstić information content (AvgIpc) is 3.23. The number of hydrogen-bond acceptors (Lipinski definition) is 6. The van der Waals surface area contributed by atoms with Crippen LogP contribution in [-0.2, 0) is 0 Å². The zero-order valence-corrected chi connectivity index (χ0v) is 16.3. The van der Waals surface area contributed by atoms with E-state index in [2.05, 4.69) is 15.5 Å². The number of nitrogens with one attached hydrogen (secondary N) is 1. The van der Waals surface area contributed by atoms with Crippen molar-refractivity contribution in [2.45, 2.75) is 6.92 Å². The predicted octanol–water partition coefficient (Wildman–Crippen LogP) is 5.31. The number of carbonyl (C=O) groups is 1. The maximum absolute atomic E-state index is 14.3. The van der Waals surface area contributed by atoms with E-state index < -0.39 is 11.7 Å². The van der Waals surface area contributed by atoms with Crippen LogP contribution in [0.4, 0.5) is 9.52 Å². The highest BCUT2D eigenvalue weighted by molar-refractivity contribution is 7.22. The number of aromatic nitrogens is 2. The van der Waals surface area contributed by atoms with Crippen LogP contribution in [0.15, 0.2) is 40.9 Å². The first-order chi connectivity index (χ1) is 13.5. The lowest BCUT2D eigenvalue weighted by Crippen LogP contribution is -2.13. The van der Waals surface area contributed by atoms with Gasteiger partial charge in [0.25, 0.3) is 5.91 Å². The first-order valence-corrected chi connectivity index (χ1v) is 9.34. The number of nitrogens with zero attached hydrogens (tertiary/aromatic N) is 2. The molecular weight excluding hydrogens is 405 g/mol. The van der Waals surface area contributed by atoms with E-state index in [1.54, 1.807) is 26.2 Å². The molecule has 0 saturated carbocycles. The Kier molecular flexibility index (Phi) is 4.74. The van der Waals surface area contributed by atoms with E-state index in [0.29, 0.717) is 10.9 Å². The normalized spacial score (nSPS) is 11.0. The molecule has 4 aromatic rings. The van der Waals surface area contributed by atoms with Crippen LogP contribution in [0.2, 0.25) is 5.02 Å². The van der Waals surface area contributed by atoms with E-state index in [1.807, 2.05) is 6.07 Å². The summed E-state index contributed by atoms with van der Waals surface area (Å²) in [6.07, 6.45) is 0. The summed E-state index contributed by atoms with van der Waals surface area (Å²) in [7, 11) is 1.58. The summed E-state index contributed by atoms with van der Waals surface area (Å²) in [4.78, 5) is 17.3. The Morgan fingerprint density at radius 3 is 2.89 bits per heavy atom. The zero-order chi connectivity index (χ0) is 19.8. The second-order valence-electron chi connectivity index (χ2n) is 5.87. The third kappa shape index (κ3) is 3.21. The van der Waals surface area contributed by atoms with Crippen LogP contribution in [0, 0.1) is 12.7 Å². The number of amides is 1. The van der Waals surface area contributed by atoms with Gasteiger partial charge < -0.3 is 9.26 Å². The molecule has 0 unspecified atom stereocenters. The molecule has 28 heavy (non-hydrogen) atoms. The van der Waals surface area contributed by atoms with Gasteiger partial charge in [0.05, 0.1) is 27.9 Å². The molecule has 0 fully saturated rings. The van der Waals surface area contributed by atoms with Crippen LogP contribution in [0.25, 0.3) is 21.5 Å². The molecule has 0 spiro atoms. The topological polar surface area (TPSA) is 77.2 Å². The standard InChI is InChI=1S/C19H13ClFN3O3S/c1-9-15(17(24-27-9)16-11(20)4-3-5-12(16)21)18(25)23-19-22-13-7-6-10(26-2)8-14(13)28-19/h3-8H,1-2H3,(H,22,23,25). The Morgan fingerprint density at radius 1 is 1.32 bits per heavy atom. The minimum absolute atomic E-state index is 0.0141. The van der Waals surface area contributed by atoms with Crippen molar-refractivity contribution in [2.24, 2.45) is 0 Å². The SMILES string of the molecule is COc1ccc2nc(NC(=O)c3c(-c4c(F)cccc4Cl)noc3C)sc2c1. The molecule has 1 amide bonds. The fourth-order valence-corrected chi connectivity index (χ4v) is 3.92. The molecular formula is C19H13ClFN3O3S. The number of hydrogen-bond donors (Lipinski definition) is 1. The fraction of sp³-hybridized carbons (Fsp3) is 0.105. The highest BCUT2D eigenvalue weighted by atomic mass is 35.5. The molecule has 2 aromatic heterocycles. The molecule has 0 atom stereocenters. The van der Waals surface area contributed by atoms with Crippen molar-refractivity contribution >= 4 is 44.2 Å². The lowest BCUT2D eigenvalue weighted by molar-refractivity contribution is 0.102. The number of halogens is 2. The van der Waals surface area contributed by atoms with Gasteiger partial charge >= 0.3 is 0 Å². The lowest BCUT2D eigenvalue weighted by Gasteiger charge is -2.05. The molecule has 0 bridgehead atoms. The number of anilines is 1. The number of benzene rings is 2. The van der Waals surface area contributed by atoms with Gasteiger partial charge in [-0.2, -0.15) is 0 Å². The molecule has 4 rings (SSSR count). The number of aryl methyl sites for hydroxylation is 1. The van der Waals surface area contributed by atoms with Crippen molar-refractivity contribution in [2.75, 3.05) is 12.4 Å². The number of fused-ring (bicyclic) bond motifs is 1. The smallest absolute Gasteiger partial charge is 0.263 e. The highest BCUT2D eigenvalue weighted by Crippen LogP contribution is 2.34. The second kappa shape index (κ2) is 7.21. The quantitative estimate of drug-likeness (QED) is 0.486. The largest absolute Gasteiger partial charge is 0.497 e. The molecule has 9 heteroatoms. The van der Waals surface area contributed by atoms with Gasteiger partial charge in [0.1, 0.15) is 28.6 Å². The molecule has 2 aromatic carbocycles. The Morgan fingerprint density at radius 2 is 2.14 bits per heavy atom. The molecule has 1 N–H and O–H groups in total. The summed E-state index contributed by atoms with van der Waals surface area (Å²) >= 11 is 7.41. The summed E-state index contributed by atoms with van der Waals surface area (Å²) < 4.78 is 25.5. The van der Waals surface area contributed by atoms with Gasteiger partial charge in [-0.15, -0.1) is 0 Å². The molecule has 2 heterocycles. The Bertz CT molecular complexity index is 1180. The lowest BCUT2D eigenvalue weighted by atomic mass is 10.1. The van der Waals surface area contributed by atoms with Gasteiger partial charge in [-0.1, -0.05) is 34.2 Å². The maximum atomic E-state index is 14.3. The maximum Gasteiger partial charge on any atom is 0.263 e. The summed E-state index contributed by atoms with van der Waals surface area (Å²) in [6, 6.07) is 9.66. The zero-order valence-electron chi connectivity index (χ0n) is 14.7. The molecule has 142 valence electrons. The van der Waals surface area contributed by atoms with E-state index >= 15 is 0 Å². The van der Waals surface area contributed by atoms with E-state index in [4.69, 9.17) is 20.9 Å². The fourth-order valence-electron chi connectivity index (χ4n) is 2.78. The second-order valence-corrected chi connectivity index (χ2v) is 7.30. The minimum Gasteiger partial charge on any atom is -0.497 e. The van der Waals surface area contributed by atoms with Crippen molar-refractivity contribution in [1.29, 1.82) is 0 Å². The van der Waals surface area contributed by atoms with Gasteiger partial charge in [0, 0.05) is 0 Å². The van der Waals surface area contributed by atoms with Gasteiger partial charge in [0.15, 0.2) is 5.13 Å². The summed E-state index contributed by atoms with van der Waals surface area (Å²) in [5.41, 5.74) is 0.880. The van der Waals surface area contributed by atoms with Gasteiger partial charge in [-0.25, -0.2) is 9.37 Å². The summed E-state index contributed by atoms with van der Waals surface area (Å²) in [5, 5.41) is 7.09. The van der Waals surface area contributed by atoms with Gasteiger partial charge in [-0.3, -0.25) is 10.1 Å². The van der Waals surface area contributed by atoms with Crippen LogP contribution in [-0.4, -0.2) is 23.2 Å². The molecule has 0 saturated heterocycles. The predicted molar refractivity (Wildman–Crippen MR) is 106 cm³/mol. The molecule has 6 nitrogen and oxygen atoms in total. The van der Waals surface area contributed by atoms with Crippen molar-refractivity contribution < 1.29 is 18.4 Å². The number of ether oxygens (including phenoxy) is 1. The number of carbonyl (C=O) groups excluding carboxylic acids is 1. The minimum atomic E-state index is -0.595. The van der Waals surface area contributed by atoms with Gasteiger partial charge in [0.2, 0.25) is 0 Å². The van der Waals surface area contributed by atoms with E-state index in [1.165, 1.54) is 29.5 Å². The monoisotopic (exact) mass is 417 g/mol. The Labute approximate surface area is 167 Å². The van der Waals surface area contributed by atoms with Gasteiger partial charge in [-0.05, 0) is 37.3 Å². The Balaban J connectivity index is 1.71. The first-order valence-electron chi connectivity index (χ1n) is 8.14. The van der Waals surface area contributed by atoms with Crippen molar-refractivity contribution in [3.05, 3.63) is 58.6 Å². The number of thiazole rings is 1. The Hall–Kier alpha value is -2.97. The average molecular weight is 418 g/mol.